The molecule has 0 aliphatic carbocycles. The molecule has 3 rings (SSSR count). The summed E-state index contributed by atoms with van der Waals surface area (Å²) in [5, 5.41) is 0. The molecule has 0 saturated carbocycles. The first kappa shape index (κ1) is 7.62. The third-order valence-corrected chi connectivity index (χ3v) is 2.39. The summed E-state index contributed by atoms with van der Waals surface area (Å²) in [7, 11) is 2.07. The van der Waals surface area contributed by atoms with Gasteiger partial charge in [-0.2, -0.15) is 0 Å². The largest absolute Gasteiger partial charge is 0.699 e. The highest BCUT2D eigenvalue weighted by atomic mass is 15.1. The molecule has 65 valence electrons. The van der Waals surface area contributed by atoms with E-state index in [0.717, 1.165) is 0 Å². The Morgan fingerprint density at radius 2 is 2.21 bits per heavy atom. The zero-order chi connectivity index (χ0) is 9.38. The molecule has 2 aliphatic rings. The van der Waals surface area contributed by atoms with Crippen LogP contribution in [0.3, 0.4) is 0 Å². The van der Waals surface area contributed by atoms with Gasteiger partial charge < -0.3 is 4.81 Å². The minimum Gasteiger partial charge on any atom is -0.325 e. The lowest BCUT2D eigenvalue weighted by molar-refractivity contribution is -0.538. The zero-order valence-corrected chi connectivity index (χ0v) is 7.67. The molecule has 3 heteroatoms. The third kappa shape index (κ3) is 1.09. The Labute approximate surface area is 83.8 Å². The first-order valence-electron chi connectivity index (χ1n) is 4.63. The van der Waals surface area contributed by atoms with Gasteiger partial charge in [0.1, 0.15) is 6.20 Å². The lowest BCUT2D eigenvalue weighted by atomic mass is 9.98. The number of rotatable bonds is 0. The van der Waals surface area contributed by atoms with Gasteiger partial charge in [0, 0.05) is 17.8 Å². The van der Waals surface area contributed by atoms with Gasteiger partial charge in [0.2, 0.25) is 0 Å². The first-order valence-corrected chi connectivity index (χ1v) is 4.63. The highest BCUT2D eigenvalue weighted by molar-refractivity contribution is 6.23. The predicted molar refractivity (Wildman–Crippen MR) is 55.9 cm³/mol. The molecule has 0 N–H and O–H groups in total. The number of pyridine rings is 1. The summed E-state index contributed by atoms with van der Waals surface area (Å²) >= 11 is 0. The third-order valence-electron chi connectivity index (χ3n) is 2.39. The highest BCUT2D eigenvalue weighted by Crippen LogP contribution is 2.16. The van der Waals surface area contributed by atoms with Gasteiger partial charge in [-0.1, -0.05) is 6.08 Å². The summed E-state index contributed by atoms with van der Waals surface area (Å²) in [4.78, 5) is 2.10. The fraction of sp³-hybridized carbons (Fsp3) is 0. The van der Waals surface area contributed by atoms with Crippen LogP contribution in [0.5, 0.6) is 0 Å². The van der Waals surface area contributed by atoms with E-state index in [1.54, 1.807) is 0 Å². The molecule has 1 aromatic rings. The Kier molecular flexibility index (Phi) is 1.56. The summed E-state index contributed by atoms with van der Waals surface area (Å²) in [6.45, 7) is 0. The monoisotopic (exact) mass is 180 g/mol. The van der Waals surface area contributed by atoms with Crippen molar-refractivity contribution in [2.24, 2.45) is 0 Å². The molecule has 0 amide bonds. The number of allylic oxidation sites excluding steroid dienone is 3. The fourth-order valence-corrected chi connectivity index (χ4v) is 1.68. The quantitative estimate of drug-likeness (QED) is 0.542. The van der Waals surface area contributed by atoms with Gasteiger partial charge in [-0.25, -0.2) is 0 Å². The second-order valence-electron chi connectivity index (χ2n) is 3.33. The molecule has 0 unspecified atom stereocenters. The van der Waals surface area contributed by atoms with E-state index in [1.165, 1.54) is 11.4 Å². The Morgan fingerprint density at radius 3 is 3.21 bits per heavy atom. The normalized spacial score (nSPS) is 16.9. The molecule has 14 heavy (non-hydrogen) atoms. The smallest absolute Gasteiger partial charge is 0.325 e. The van der Waals surface area contributed by atoms with Crippen molar-refractivity contribution in [3.05, 3.63) is 60.2 Å². The van der Waals surface area contributed by atoms with Crippen LogP contribution >= 0.6 is 0 Å². The SMILES string of the molecule is [B]1N2C=CC=CC2=Cc2cccc[n+]21. The molecule has 0 aromatic carbocycles. The summed E-state index contributed by atoms with van der Waals surface area (Å²) in [6.07, 6.45) is 12.5. The minimum absolute atomic E-state index is 1.21. The maximum Gasteiger partial charge on any atom is 0.699 e. The van der Waals surface area contributed by atoms with Crippen molar-refractivity contribution in [2.75, 3.05) is 0 Å². The van der Waals surface area contributed by atoms with Crippen LogP contribution in [0.1, 0.15) is 5.69 Å². The van der Waals surface area contributed by atoms with E-state index in [0.29, 0.717) is 0 Å². The van der Waals surface area contributed by atoms with Crippen molar-refractivity contribution in [3.63, 3.8) is 0 Å². The van der Waals surface area contributed by atoms with E-state index >= 15 is 0 Å². The molecule has 0 spiro atoms. The number of nitrogens with zero attached hydrogens (tertiary/aromatic N) is 2. The number of hydrogen-bond acceptors (Lipinski definition) is 1. The van der Waals surface area contributed by atoms with E-state index in [-0.39, 0.29) is 0 Å². The van der Waals surface area contributed by atoms with Crippen molar-refractivity contribution in [1.82, 2.24) is 4.81 Å². The number of hydrogen-bond donors (Lipinski definition) is 0. The highest BCUT2D eigenvalue weighted by Gasteiger charge is 2.26. The number of fused-ring (bicyclic) bond motifs is 2. The van der Waals surface area contributed by atoms with Crippen molar-refractivity contribution < 1.29 is 4.48 Å². The summed E-state index contributed by atoms with van der Waals surface area (Å²) < 4.78 is 2.10. The van der Waals surface area contributed by atoms with Crippen LogP contribution in [0.4, 0.5) is 0 Å². The molecule has 1 radical (unpaired) electrons. The van der Waals surface area contributed by atoms with E-state index in [4.69, 9.17) is 0 Å². The summed E-state index contributed by atoms with van der Waals surface area (Å²) in [6, 6.07) is 6.18. The maximum atomic E-state index is 2.17. The van der Waals surface area contributed by atoms with Crippen LogP contribution in [-0.4, -0.2) is 12.4 Å². The van der Waals surface area contributed by atoms with Gasteiger partial charge in [-0.3, -0.25) is 4.48 Å². The molecular weight excluding hydrogens is 171 g/mol. The van der Waals surface area contributed by atoms with Gasteiger partial charge in [-0.15, -0.1) is 0 Å². The van der Waals surface area contributed by atoms with Gasteiger partial charge in [0.25, 0.3) is 0 Å². The molecule has 2 aliphatic heterocycles. The van der Waals surface area contributed by atoms with Crippen LogP contribution in [0, 0.1) is 0 Å². The van der Waals surface area contributed by atoms with E-state index in [2.05, 4.69) is 59.6 Å². The fourth-order valence-electron chi connectivity index (χ4n) is 1.68. The van der Waals surface area contributed by atoms with Crippen molar-refractivity contribution in [1.29, 1.82) is 0 Å². The topological polar surface area (TPSA) is 7.12 Å². The standard InChI is InChI=1S/C11H9BN2/c1-3-7-13-10(5-1)9-11-6-2-4-8-14(11)12-13/h1-9H/q+1. The summed E-state index contributed by atoms with van der Waals surface area (Å²) in [5.41, 5.74) is 2.41. The molecule has 0 bridgehead atoms. The van der Waals surface area contributed by atoms with Gasteiger partial charge >= 0.3 is 7.55 Å². The van der Waals surface area contributed by atoms with E-state index in [9.17, 15) is 0 Å². The van der Waals surface area contributed by atoms with Crippen molar-refractivity contribution in [3.8, 4) is 0 Å². The van der Waals surface area contributed by atoms with Crippen LogP contribution in [-0.2, 0) is 0 Å². The Morgan fingerprint density at radius 1 is 1.21 bits per heavy atom. The Balaban J connectivity index is 2.13. The first-order chi connectivity index (χ1) is 6.93. The Hall–Kier alpha value is -1.77. The predicted octanol–water partition coefficient (Wildman–Crippen LogP) is 1.10. The average Bonchev–Trinajstić information content (AvgIpc) is 2.26. The zero-order valence-electron chi connectivity index (χ0n) is 7.67. The second-order valence-corrected chi connectivity index (χ2v) is 3.33. The lowest BCUT2D eigenvalue weighted by Gasteiger charge is -2.21. The van der Waals surface area contributed by atoms with Gasteiger partial charge in [0.15, 0.2) is 5.69 Å². The van der Waals surface area contributed by atoms with E-state index in [1.807, 2.05) is 12.1 Å². The maximum absolute atomic E-state index is 2.17. The van der Waals surface area contributed by atoms with Crippen molar-refractivity contribution in [2.45, 2.75) is 0 Å². The van der Waals surface area contributed by atoms with Gasteiger partial charge in [0.05, 0.1) is 0 Å². The number of aromatic nitrogens is 1. The molecule has 0 atom stereocenters. The van der Waals surface area contributed by atoms with Crippen LogP contribution in [0.25, 0.3) is 6.08 Å². The van der Waals surface area contributed by atoms with Crippen LogP contribution in [0.15, 0.2) is 54.5 Å². The van der Waals surface area contributed by atoms with Crippen LogP contribution < -0.4 is 4.48 Å². The molecule has 1 aromatic heterocycles. The Bertz CT molecular complexity index is 460. The average molecular weight is 180 g/mol. The molecule has 0 fully saturated rings. The molecule has 0 saturated heterocycles. The molecular formula is C11H9BN2+. The second kappa shape index (κ2) is 2.87. The summed E-state index contributed by atoms with van der Waals surface area (Å²) in [5.74, 6) is 0. The molecule has 2 nitrogen and oxygen atoms in total. The minimum atomic E-state index is 1.21. The van der Waals surface area contributed by atoms with Gasteiger partial charge in [-0.05, 0) is 30.5 Å². The van der Waals surface area contributed by atoms with Crippen molar-refractivity contribution >= 4 is 13.6 Å². The lowest BCUT2D eigenvalue weighted by Crippen LogP contribution is -2.52. The molecule has 3 heterocycles. The van der Waals surface area contributed by atoms with Crippen LogP contribution in [0.2, 0.25) is 0 Å². The van der Waals surface area contributed by atoms with E-state index < -0.39 is 0 Å².